The van der Waals surface area contributed by atoms with E-state index in [9.17, 15) is 19.8 Å². The number of nitrogens with zero attached hydrogens (tertiary/aromatic N) is 3. The zero-order chi connectivity index (χ0) is 41.2. The number of nitrogens with one attached hydrogen (secondary N) is 2. The molecule has 0 radical (unpaired) electrons. The van der Waals surface area contributed by atoms with E-state index in [0.29, 0.717) is 23.1 Å². The highest BCUT2D eigenvalue weighted by atomic mass is 16.7. The van der Waals surface area contributed by atoms with Gasteiger partial charge in [0.1, 0.15) is 17.9 Å². The molecule has 2 aromatic carbocycles. The van der Waals surface area contributed by atoms with E-state index in [0.717, 1.165) is 41.8 Å². The van der Waals surface area contributed by atoms with E-state index >= 15 is 0 Å². The lowest BCUT2D eigenvalue weighted by Crippen LogP contribution is -2.56. The number of hydrogen-bond acceptors (Lipinski definition) is 9. The van der Waals surface area contributed by atoms with Crippen LogP contribution in [0.5, 0.6) is 5.75 Å². The zero-order valence-electron chi connectivity index (χ0n) is 36.1. The minimum absolute atomic E-state index is 0.0324. The lowest BCUT2D eigenvalue weighted by molar-refractivity contribution is -0.182. The molecule has 0 spiro atoms. The van der Waals surface area contributed by atoms with Gasteiger partial charge in [-0.25, -0.2) is 0 Å². The summed E-state index contributed by atoms with van der Waals surface area (Å²) >= 11 is 0. The van der Waals surface area contributed by atoms with Crippen molar-refractivity contribution in [1.82, 2.24) is 20.6 Å². The SMILES string of the molecule is COc1c(CN2O[C@@H](CO)[C@@H]([C@H](C)O)[C@H]2C(=O)N[C@H]2C[C@@H](C)C(C)(C)[C@@H](C)[C@@H]2C)cccc1-c1cc(C(=O)N[C@H](CN(C)C)CC(C)(C)C)cc(N(C)C)c1. The molecule has 0 aromatic heterocycles. The summed E-state index contributed by atoms with van der Waals surface area (Å²) in [6.07, 6.45) is 0.00654. The summed E-state index contributed by atoms with van der Waals surface area (Å²) in [5, 5.41) is 29.6. The minimum atomic E-state index is -0.911. The Balaban J connectivity index is 1.70. The molecule has 2 amide bonds. The molecule has 1 aliphatic carbocycles. The predicted molar refractivity (Wildman–Crippen MR) is 221 cm³/mol. The number of para-hydroxylation sites is 1. The molecule has 55 heavy (non-hydrogen) atoms. The van der Waals surface area contributed by atoms with Crippen LogP contribution in [0.3, 0.4) is 0 Å². The molecular formula is C44H71N5O6. The molecule has 11 nitrogen and oxygen atoms in total. The zero-order valence-corrected chi connectivity index (χ0v) is 36.1. The summed E-state index contributed by atoms with van der Waals surface area (Å²) in [7, 11) is 9.54. The first kappa shape index (κ1) is 44.5. The van der Waals surface area contributed by atoms with E-state index in [2.05, 4.69) is 70.9 Å². The Morgan fingerprint density at radius 2 is 1.76 bits per heavy atom. The molecule has 1 heterocycles. The van der Waals surface area contributed by atoms with Gasteiger partial charge in [0.15, 0.2) is 0 Å². The van der Waals surface area contributed by atoms with Gasteiger partial charge < -0.3 is 35.4 Å². The van der Waals surface area contributed by atoms with Gasteiger partial charge in [0.2, 0.25) is 5.91 Å². The predicted octanol–water partition coefficient (Wildman–Crippen LogP) is 5.82. The van der Waals surface area contributed by atoms with Crippen molar-refractivity contribution in [2.45, 2.75) is 112 Å². The Kier molecular flexibility index (Phi) is 14.5. The van der Waals surface area contributed by atoms with Crippen LogP contribution in [0.15, 0.2) is 36.4 Å². The Bertz CT molecular complexity index is 1620. The van der Waals surface area contributed by atoms with E-state index in [-0.39, 0.29) is 53.8 Å². The van der Waals surface area contributed by atoms with Gasteiger partial charge in [-0.05, 0) is 86.2 Å². The molecule has 9 atom stereocenters. The monoisotopic (exact) mass is 766 g/mol. The number of aliphatic hydroxyl groups is 2. The molecule has 2 fully saturated rings. The van der Waals surface area contributed by atoms with Crippen molar-refractivity contribution >= 4 is 17.5 Å². The van der Waals surface area contributed by atoms with Crippen LogP contribution in [0, 0.1) is 34.5 Å². The van der Waals surface area contributed by atoms with Gasteiger partial charge in [-0.2, -0.15) is 5.06 Å². The lowest BCUT2D eigenvalue weighted by atomic mass is 9.58. The van der Waals surface area contributed by atoms with Crippen molar-refractivity contribution in [2.24, 2.45) is 34.5 Å². The normalized spacial score (nSPS) is 26.7. The Morgan fingerprint density at radius 3 is 2.33 bits per heavy atom. The Labute approximate surface area is 331 Å². The number of carbonyl (C=O) groups is 2. The first-order valence-electron chi connectivity index (χ1n) is 20.1. The van der Waals surface area contributed by atoms with Gasteiger partial charge in [-0.15, -0.1) is 0 Å². The summed E-state index contributed by atoms with van der Waals surface area (Å²) in [6.45, 7) is 20.1. The molecule has 1 saturated carbocycles. The van der Waals surface area contributed by atoms with Crippen molar-refractivity contribution in [3.8, 4) is 16.9 Å². The second kappa shape index (κ2) is 17.9. The number of benzene rings is 2. The van der Waals surface area contributed by atoms with Crippen molar-refractivity contribution in [3.63, 3.8) is 0 Å². The van der Waals surface area contributed by atoms with E-state index in [1.807, 2.05) is 69.5 Å². The molecule has 11 heteroatoms. The molecule has 4 N–H and O–H groups in total. The first-order chi connectivity index (χ1) is 25.6. The summed E-state index contributed by atoms with van der Waals surface area (Å²) < 4.78 is 6.11. The number of methoxy groups -OCH3 is 1. The van der Waals surface area contributed by atoms with Gasteiger partial charge >= 0.3 is 0 Å². The van der Waals surface area contributed by atoms with Crippen LogP contribution in [-0.2, 0) is 16.2 Å². The fourth-order valence-corrected chi connectivity index (χ4v) is 8.82. The largest absolute Gasteiger partial charge is 0.496 e. The summed E-state index contributed by atoms with van der Waals surface area (Å²) in [4.78, 5) is 38.7. The molecule has 0 unspecified atom stereocenters. The van der Waals surface area contributed by atoms with E-state index in [4.69, 9.17) is 9.57 Å². The first-order valence-corrected chi connectivity index (χ1v) is 20.1. The number of carbonyl (C=O) groups excluding carboxylic acids is 2. The van der Waals surface area contributed by atoms with Gasteiger partial charge in [0.05, 0.1) is 26.4 Å². The third-order valence-corrected chi connectivity index (χ3v) is 12.6. The van der Waals surface area contributed by atoms with E-state index < -0.39 is 24.2 Å². The van der Waals surface area contributed by atoms with Crippen molar-refractivity contribution < 1.29 is 29.4 Å². The maximum atomic E-state index is 14.4. The number of aliphatic hydroxyl groups excluding tert-OH is 2. The Morgan fingerprint density at radius 1 is 1.09 bits per heavy atom. The van der Waals surface area contributed by atoms with Gasteiger partial charge in [0.25, 0.3) is 5.91 Å². The van der Waals surface area contributed by atoms with Gasteiger partial charge in [0, 0.05) is 61.0 Å². The molecule has 0 bridgehead atoms. The average molecular weight is 766 g/mol. The van der Waals surface area contributed by atoms with Gasteiger partial charge in [-0.1, -0.05) is 73.6 Å². The van der Waals surface area contributed by atoms with E-state index in [1.54, 1.807) is 19.1 Å². The molecule has 4 rings (SSSR count). The minimum Gasteiger partial charge on any atom is -0.496 e. The van der Waals surface area contributed by atoms with Crippen LogP contribution in [0.2, 0.25) is 0 Å². The average Bonchev–Trinajstić information content (AvgIpc) is 3.47. The smallest absolute Gasteiger partial charge is 0.251 e. The fourth-order valence-electron chi connectivity index (χ4n) is 8.82. The Hall–Kier alpha value is -3.22. The standard InChI is InChI=1S/C44H71N5O6/c1-26-18-36(27(2)28(3)44(26,8)9)46-42(53)39-38(29(4)51)37(25-50)55-49(39)23-30-16-15-17-35(40(30)54-14)31-19-32(21-34(20-31)48(12)13)41(52)45-33(24-47(10)11)22-43(5,6)7/h15-17,19-21,26-29,33,36-39,50-51H,18,22-25H2,1-14H3,(H,45,52)(H,46,53)/t26-,27+,28+,29+,33+,36+,37+,38-,39+/m1/s1. The quantitative estimate of drug-likeness (QED) is 0.188. The number of rotatable bonds is 14. The molecule has 1 aliphatic heterocycles. The summed E-state index contributed by atoms with van der Waals surface area (Å²) in [5.74, 6) is 0.613. The summed E-state index contributed by atoms with van der Waals surface area (Å²) in [6, 6.07) is 10.7. The highest BCUT2D eigenvalue weighted by Gasteiger charge is 2.51. The number of amides is 2. The molecule has 2 aromatic rings. The number of hydroxylamine groups is 2. The third kappa shape index (κ3) is 10.4. The van der Waals surface area contributed by atoms with Crippen LogP contribution < -0.4 is 20.3 Å². The number of likely N-dealkylation sites (N-methyl/N-ethyl adjacent to an activating group) is 1. The van der Waals surface area contributed by atoms with Crippen LogP contribution >= 0.6 is 0 Å². The van der Waals surface area contributed by atoms with Crippen molar-refractivity contribution in [3.05, 3.63) is 47.5 Å². The molecule has 1 saturated heterocycles. The number of hydrogen-bond donors (Lipinski definition) is 4. The maximum Gasteiger partial charge on any atom is 0.251 e. The van der Waals surface area contributed by atoms with Crippen molar-refractivity contribution in [2.75, 3.05) is 53.4 Å². The van der Waals surface area contributed by atoms with Crippen LogP contribution in [0.25, 0.3) is 11.1 Å². The number of ether oxygens (including phenoxy) is 1. The van der Waals surface area contributed by atoms with Crippen LogP contribution in [0.1, 0.15) is 91.1 Å². The van der Waals surface area contributed by atoms with Gasteiger partial charge in [-0.3, -0.25) is 14.4 Å². The summed E-state index contributed by atoms with van der Waals surface area (Å²) in [5.41, 5.74) is 3.93. The maximum absolute atomic E-state index is 14.4. The number of anilines is 1. The highest BCUT2D eigenvalue weighted by molar-refractivity contribution is 5.97. The second-order valence-electron chi connectivity index (χ2n) is 18.7. The van der Waals surface area contributed by atoms with Crippen molar-refractivity contribution in [1.29, 1.82) is 0 Å². The lowest BCUT2D eigenvalue weighted by Gasteiger charge is -2.50. The molecule has 308 valence electrons. The second-order valence-corrected chi connectivity index (χ2v) is 18.7. The van der Waals surface area contributed by atoms with Crippen LogP contribution in [-0.4, -0.2) is 111 Å². The third-order valence-electron chi connectivity index (χ3n) is 12.6. The molecule has 2 aliphatic rings. The van der Waals surface area contributed by atoms with Crippen LogP contribution in [0.4, 0.5) is 5.69 Å². The highest BCUT2D eigenvalue weighted by Crippen LogP contribution is 2.48. The fraction of sp³-hybridized carbons (Fsp3) is 0.682. The topological polar surface area (TPSA) is 127 Å². The molecular weight excluding hydrogens is 695 g/mol. The van der Waals surface area contributed by atoms with E-state index in [1.165, 1.54) is 0 Å².